The van der Waals surface area contributed by atoms with E-state index in [9.17, 15) is 14.4 Å². The number of methoxy groups -OCH3 is 1. The van der Waals surface area contributed by atoms with Crippen molar-refractivity contribution < 1.29 is 23.9 Å². The molecule has 1 saturated heterocycles. The van der Waals surface area contributed by atoms with Gasteiger partial charge in [-0.1, -0.05) is 54.1 Å². The van der Waals surface area contributed by atoms with Gasteiger partial charge in [-0.2, -0.15) is 0 Å². The van der Waals surface area contributed by atoms with Gasteiger partial charge >= 0.3 is 12.2 Å². The van der Waals surface area contributed by atoms with Gasteiger partial charge in [-0.3, -0.25) is 15.4 Å². The van der Waals surface area contributed by atoms with Gasteiger partial charge in [0.05, 0.1) is 25.4 Å². The first-order chi connectivity index (χ1) is 18.8. The predicted octanol–water partition coefficient (Wildman–Crippen LogP) is 4.91. The highest BCUT2D eigenvalue weighted by Gasteiger charge is 2.49. The van der Waals surface area contributed by atoms with E-state index in [1.807, 2.05) is 42.5 Å². The van der Waals surface area contributed by atoms with E-state index in [0.717, 1.165) is 16.7 Å². The number of anilines is 2. The molecule has 3 amide bonds. The van der Waals surface area contributed by atoms with Crippen molar-refractivity contribution in [2.75, 3.05) is 30.8 Å². The Balaban J connectivity index is 1.32. The molecule has 0 aliphatic carbocycles. The van der Waals surface area contributed by atoms with Crippen LogP contribution in [0.4, 0.5) is 21.0 Å². The van der Waals surface area contributed by atoms with E-state index in [1.165, 1.54) is 7.11 Å². The number of amides is 3. The monoisotopic (exact) mass is 548 g/mol. The maximum Gasteiger partial charge on any atom is 0.412 e. The van der Waals surface area contributed by atoms with Crippen molar-refractivity contribution in [1.82, 2.24) is 10.2 Å². The third kappa shape index (κ3) is 6.00. The van der Waals surface area contributed by atoms with Gasteiger partial charge in [-0.15, -0.1) is 0 Å². The summed E-state index contributed by atoms with van der Waals surface area (Å²) in [6, 6.07) is 21.9. The second-order valence-corrected chi connectivity index (χ2v) is 10.1. The van der Waals surface area contributed by atoms with E-state index in [1.54, 1.807) is 35.2 Å². The van der Waals surface area contributed by atoms with Gasteiger partial charge in [-0.25, -0.2) is 9.59 Å². The second kappa shape index (κ2) is 11.3. The summed E-state index contributed by atoms with van der Waals surface area (Å²) < 4.78 is 10.4. The zero-order chi connectivity index (χ0) is 27.4. The largest absolute Gasteiger partial charge is 0.453 e. The van der Waals surface area contributed by atoms with Crippen LogP contribution in [-0.4, -0.2) is 49.2 Å². The maximum absolute atomic E-state index is 13.9. The molecule has 1 fully saturated rings. The number of hydrogen-bond donors (Lipinski definition) is 3. The van der Waals surface area contributed by atoms with Gasteiger partial charge in [0.1, 0.15) is 0 Å². The molecule has 10 heteroatoms. The minimum Gasteiger partial charge on any atom is -0.453 e. The Bertz CT molecular complexity index is 1370. The van der Waals surface area contributed by atoms with Crippen molar-refractivity contribution in [1.29, 1.82) is 0 Å². The first kappa shape index (κ1) is 26.5. The molecule has 202 valence electrons. The molecule has 39 heavy (non-hydrogen) atoms. The first-order valence-corrected chi connectivity index (χ1v) is 13.0. The molecule has 5 rings (SSSR count). The van der Waals surface area contributed by atoms with Crippen LogP contribution in [0.2, 0.25) is 5.02 Å². The molecular formula is C29H29ClN4O5. The molecule has 3 aromatic carbocycles. The Morgan fingerprint density at radius 1 is 1.10 bits per heavy atom. The fraction of sp³-hybridized carbons (Fsp3) is 0.276. The van der Waals surface area contributed by atoms with Crippen LogP contribution in [0.1, 0.15) is 23.1 Å². The molecule has 2 aliphatic rings. The summed E-state index contributed by atoms with van der Waals surface area (Å²) in [4.78, 5) is 39.5. The Hall–Kier alpha value is -4.08. The number of nitrogens with zero attached hydrogens (tertiary/aromatic N) is 1. The molecule has 0 bridgehead atoms. The van der Waals surface area contributed by atoms with E-state index >= 15 is 0 Å². The van der Waals surface area contributed by atoms with E-state index in [4.69, 9.17) is 16.3 Å². The summed E-state index contributed by atoms with van der Waals surface area (Å²) in [6.45, 7) is 1.13. The topological polar surface area (TPSA) is 109 Å². The number of carbonyl (C=O) groups excluding carboxylic acids is 3. The molecular weight excluding hydrogens is 520 g/mol. The molecule has 2 heterocycles. The molecule has 0 saturated carbocycles. The van der Waals surface area contributed by atoms with Crippen LogP contribution in [0.15, 0.2) is 72.8 Å². The fourth-order valence-corrected chi connectivity index (χ4v) is 5.25. The Morgan fingerprint density at radius 3 is 2.62 bits per heavy atom. The quantitative estimate of drug-likeness (QED) is 0.387. The van der Waals surface area contributed by atoms with E-state index < -0.39 is 23.8 Å². The van der Waals surface area contributed by atoms with Crippen LogP contribution >= 0.6 is 11.6 Å². The highest BCUT2D eigenvalue weighted by molar-refractivity contribution is 6.30. The normalized spacial score (nSPS) is 18.6. The van der Waals surface area contributed by atoms with Crippen molar-refractivity contribution in [3.05, 3.63) is 94.5 Å². The maximum atomic E-state index is 13.9. The summed E-state index contributed by atoms with van der Waals surface area (Å²) in [7, 11) is 1.31. The average molecular weight is 549 g/mol. The lowest BCUT2D eigenvalue weighted by atomic mass is 9.90. The number of benzene rings is 3. The van der Waals surface area contributed by atoms with Crippen molar-refractivity contribution >= 4 is 41.1 Å². The van der Waals surface area contributed by atoms with Gasteiger partial charge in [0, 0.05) is 35.8 Å². The Labute approximate surface area is 231 Å². The molecule has 1 unspecified atom stereocenters. The number of ether oxygens (including phenoxy) is 2. The summed E-state index contributed by atoms with van der Waals surface area (Å²) in [6.07, 6.45) is -0.105. The Kier molecular flexibility index (Phi) is 7.72. The van der Waals surface area contributed by atoms with E-state index in [2.05, 4.69) is 20.7 Å². The van der Waals surface area contributed by atoms with Crippen LogP contribution in [-0.2, 0) is 32.8 Å². The van der Waals surface area contributed by atoms with E-state index in [-0.39, 0.29) is 12.5 Å². The van der Waals surface area contributed by atoms with Crippen LogP contribution in [0.3, 0.4) is 0 Å². The number of hydrogen-bond acceptors (Lipinski definition) is 6. The third-order valence-electron chi connectivity index (χ3n) is 7.06. The zero-order valence-electron chi connectivity index (χ0n) is 21.4. The fourth-order valence-electron chi connectivity index (χ4n) is 5.08. The number of rotatable bonds is 7. The highest BCUT2D eigenvalue weighted by Crippen LogP contribution is 2.43. The van der Waals surface area contributed by atoms with Crippen LogP contribution < -0.4 is 16.0 Å². The lowest BCUT2D eigenvalue weighted by molar-refractivity contribution is -0.133. The molecule has 0 aromatic heterocycles. The van der Waals surface area contributed by atoms with Crippen LogP contribution in [0, 0.1) is 0 Å². The number of fused-ring (bicyclic) bond motifs is 2. The summed E-state index contributed by atoms with van der Waals surface area (Å²) in [5, 5.41) is 9.30. The predicted molar refractivity (Wildman–Crippen MR) is 148 cm³/mol. The second-order valence-electron chi connectivity index (χ2n) is 9.65. The van der Waals surface area contributed by atoms with Crippen molar-refractivity contribution in [2.45, 2.75) is 31.0 Å². The molecule has 9 nitrogen and oxygen atoms in total. The molecule has 3 N–H and O–H groups in total. The van der Waals surface area contributed by atoms with Crippen molar-refractivity contribution in [2.24, 2.45) is 0 Å². The standard InChI is InChI=1S/C29H29ClN4O5/c1-38-27(36)32-22-10-7-20(8-11-22)17-31-25(15-19-5-3-2-4-6-19)26(35)34-14-13-29(18-34)23-16-21(30)9-12-24(23)33-28(37)39-29/h2-12,16,25,31H,13-15,17-18H2,1H3,(H,32,36)(H,33,37)/t25-,29?/m0/s1. The van der Waals surface area contributed by atoms with Crippen LogP contribution in [0.5, 0.6) is 0 Å². The smallest absolute Gasteiger partial charge is 0.412 e. The molecule has 3 aromatic rings. The van der Waals surface area contributed by atoms with Gasteiger partial charge in [0.25, 0.3) is 0 Å². The van der Waals surface area contributed by atoms with Gasteiger partial charge in [0.2, 0.25) is 5.91 Å². The van der Waals surface area contributed by atoms with Crippen molar-refractivity contribution in [3.63, 3.8) is 0 Å². The molecule has 0 radical (unpaired) electrons. The number of likely N-dealkylation sites (tertiary alicyclic amines) is 1. The summed E-state index contributed by atoms with van der Waals surface area (Å²) in [5.74, 6) is -0.0714. The lowest BCUT2D eigenvalue weighted by Crippen LogP contribution is -2.49. The highest BCUT2D eigenvalue weighted by atomic mass is 35.5. The van der Waals surface area contributed by atoms with Gasteiger partial charge < -0.3 is 19.7 Å². The number of nitrogens with one attached hydrogen (secondary N) is 3. The zero-order valence-corrected chi connectivity index (χ0v) is 22.2. The summed E-state index contributed by atoms with van der Waals surface area (Å²) >= 11 is 6.27. The first-order valence-electron chi connectivity index (χ1n) is 12.7. The van der Waals surface area contributed by atoms with E-state index in [0.29, 0.717) is 42.3 Å². The molecule has 2 aliphatic heterocycles. The third-order valence-corrected chi connectivity index (χ3v) is 7.29. The van der Waals surface area contributed by atoms with Gasteiger partial charge in [0.15, 0.2) is 5.60 Å². The Morgan fingerprint density at radius 2 is 1.87 bits per heavy atom. The summed E-state index contributed by atoms with van der Waals surface area (Å²) in [5.41, 5.74) is 3.07. The number of halogens is 1. The lowest BCUT2D eigenvalue weighted by Gasteiger charge is -2.35. The minimum atomic E-state index is -0.946. The molecule has 1 spiro atoms. The SMILES string of the molecule is COC(=O)Nc1ccc(CN[C@@H](Cc2ccccc2)C(=O)N2CCC3(C2)OC(=O)Nc2ccc(Cl)cc23)cc1. The average Bonchev–Trinajstić information content (AvgIpc) is 3.36. The van der Waals surface area contributed by atoms with Crippen molar-refractivity contribution in [3.8, 4) is 0 Å². The van der Waals surface area contributed by atoms with Crippen LogP contribution in [0.25, 0.3) is 0 Å². The molecule has 2 atom stereocenters. The number of carbonyl (C=O) groups is 3. The van der Waals surface area contributed by atoms with Gasteiger partial charge in [-0.05, 0) is 47.9 Å². The minimum absolute atomic E-state index is 0.0714.